The second-order valence-corrected chi connectivity index (χ2v) is 3.51. The number of benzene rings is 1. The Balaban J connectivity index is 2.33. The van der Waals surface area contributed by atoms with Crippen LogP contribution in [-0.4, -0.2) is 28.7 Å². The second-order valence-electron chi connectivity index (χ2n) is 3.51. The zero-order chi connectivity index (χ0) is 12.3. The number of rotatable bonds is 3. The first-order valence-electron chi connectivity index (χ1n) is 5.10. The summed E-state index contributed by atoms with van der Waals surface area (Å²) >= 11 is 0. The number of hydroxylamine groups is 2. The fraction of sp³-hybridized carbons (Fsp3) is 0.167. The molecule has 0 radical (unpaired) electrons. The molecule has 0 saturated heterocycles. The lowest BCUT2D eigenvalue weighted by atomic mass is 10.1. The fourth-order valence-electron chi connectivity index (χ4n) is 1.62. The lowest BCUT2D eigenvalue weighted by molar-refractivity contribution is -0.202. The lowest BCUT2D eigenvalue weighted by Gasteiger charge is -2.28. The average molecular weight is 233 g/mol. The van der Waals surface area contributed by atoms with Crippen molar-refractivity contribution in [2.75, 3.05) is 6.61 Å². The van der Waals surface area contributed by atoms with Crippen LogP contribution in [0.3, 0.4) is 0 Å². The Morgan fingerprint density at radius 1 is 1.35 bits per heavy atom. The van der Waals surface area contributed by atoms with E-state index in [2.05, 4.69) is 0 Å². The molecule has 1 amide bonds. The largest absolute Gasteiger partial charge is 0.479 e. The van der Waals surface area contributed by atoms with Crippen molar-refractivity contribution in [3.05, 3.63) is 48.0 Å². The standard InChI is InChI=1S/C12H11NO4/c14-10-7-4-8-17-13(10)11(12(15)16)9-5-2-1-3-6-9/h1-7,11H,8H2,(H,15,16). The predicted molar refractivity (Wildman–Crippen MR) is 58.8 cm³/mol. The van der Waals surface area contributed by atoms with Gasteiger partial charge in [-0.25, -0.2) is 4.79 Å². The summed E-state index contributed by atoms with van der Waals surface area (Å²) in [5.74, 6) is -1.59. The molecule has 17 heavy (non-hydrogen) atoms. The molecule has 0 spiro atoms. The number of carbonyl (C=O) groups excluding carboxylic acids is 1. The molecule has 5 heteroatoms. The van der Waals surface area contributed by atoms with Gasteiger partial charge in [0.25, 0.3) is 5.91 Å². The molecular formula is C12H11NO4. The Morgan fingerprint density at radius 2 is 2.06 bits per heavy atom. The number of hydrogen-bond donors (Lipinski definition) is 1. The number of nitrogens with zero attached hydrogens (tertiary/aromatic N) is 1. The Kier molecular flexibility index (Phi) is 3.20. The van der Waals surface area contributed by atoms with Gasteiger partial charge in [-0.05, 0) is 5.56 Å². The minimum atomic E-state index is -1.13. The first-order chi connectivity index (χ1) is 8.20. The molecule has 1 heterocycles. The van der Waals surface area contributed by atoms with E-state index in [0.717, 1.165) is 5.06 Å². The smallest absolute Gasteiger partial charge is 0.333 e. The van der Waals surface area contributed by atoms with E-state index in [1.54, 1.807) is 36.4 Å². The van der Waals surface area contributed by atoms with Crippen molar-refractivity contribution in [3.8, 4) is 0 Å². The van der Waals surface area contributed by atoms with Crippen LogP contribution in [0.5, 0.6) is 0 Å². The van der Waals surface area contributed by atoms with Crippen molar-refractivity contribution in [2.45, 2.75) is 6.04 Å². The van der Waals surface area contributed by atoms with Crippen LogP contribution in [-0.2, 0) is 14.4 Å². The van der Waals surface area contributed by atoms with E-state index >= 15 is 0 Å². The van der Waals surface area contributed by atoms with Crippen LogP contribution in [0, 0.1) is 0 Å². The number of carboxylic acids is 1. The maximum absolute atomic E-state index is 11.6. The average Bonchev–Trinajstić information content (AvgIpc) is 2.33. The first kappa shape index (κ1) is 11.3. The van der Waals surface area contributed by atoms with Gasteiger partial charge in [-0.15, -0.1) is 0 Å². The van der Waals surface area contributed by atoms with Crippen LogP contribution in [0.25, 0.3) is 0 Å². The van der Waals surface area contributed by atoms with Gasteiger partial charge in [0.15, 0.2) is 6.04 Å². The van der Waals surface area contributed by atoms with Crippen molar-refractivity contribution in [2.24, 2.45) is 0 Å². The Morgan fingerprint density at radius 3 is 2.65 bits per heavy atom. The van der Waals surface area contributed by atoms with Crippen molar-refractivity contribution in [1.29, 1.82) is 0 Å². The van der Waals surface area contributed by atoms with E-state index in [4.69, 9.17) is 4.84 Å². The number of hydrogen-bond acceptors (Lipinski definition) is 3. The van der Waals surface area contributed by atoms with E-state index < -0.39 is 17.9 Å². The highest BCUT2D eigenvalue weighted by molar-refractivity contribution is 5.91. The number of carboxylic acid groups (broad SMARTS) is 1. The molecule has 0 bridgehead atoms. The van der Waals surface area contributed by atoms with Crippen molar-refractivity contribution < 1.29 is 19.5 Å². The number of amides is 1. The second kappa shape index (κ2) is 4.80. The molecule has 5 nitrogen and oxygen atoms in total. The molecule has 88 valence electrons. The topological polar surface area (TPSA) is 66.8 Å². The van der Waals surface area contributed by atoms with Gasteiger partial charge in [-0.3, -0.25) is 9.63 Å². The molecule has 2 rings (SSSR count). The van der Waals surface area contributed by atoms with E-state index in [1.165, 1.54) is 6.08 Å². The number of carbonyl (C=O) groups is 2. The van der Waals surface area contributed by atoms with E-state index in [-0.39, 0.29) is 6.61 Å². The number of aliphatic carboxylic acids is 1. The van der Waals surface area contributed by atoms with Crippen LogP contribution >= 0.6 is 0 Å². The zero-order valence-electron chi connectivity index (χ0n) is 8.95. The minimum Gasteiger partial charge on any atom is -0.479 e. The summed E-state index contributed by atoms with van der Waals surface area (Å²) in [7, 11) is 0. The first-order valence-corrected chi connectivity index (χ1v) is 5.10. The molecule has 1 atom stereocenters. The molecule has 1 aromatic rings. The highest BCUT2D eigenvalue weighted by Gasteiger charge is 2.32. The molecule has 1 N–H and O–H groups in total. The third kappa shape index (κ3) is 2.34. The summed E-state index contributed by atoms with van der Waals surface area (Å²) in [6, 6.07) is 7.39. The van der Waals surface area contributed by atoms with Gasteiger partial charge in [0.2, 0.25) is 0 Å². The molecule has 1 aliphatic heterocycles. The van der Waals surface area contributed by atoms with Gasteiger partial charge < -0.3 is 5.11 Å². The van der Waals surface area contributed by atoms with Crippen molar-refractivity contribution in [3.63, 3.8) is 0 Å². The summed E-state index contributed by atoms with van der Waals surface area (Å²) in [6.45, 7) is 0.197. The van der Waals surface area contributed by atoms with E-state index in [9.17, 15) is 14.7 Å². The van der Waals surface area contributed by atoms with Crippen LogP contribution in [0.4, 0.5) is 0 Å². The Hall–Kier alpha value is -2.14. The van der Waals surface area contributed by atoms with Crippen LogP contribution < -0.4 is 0 Å². The van der Waals surface area contributed by atoms with Crippen molar-refractivity contribution in [1.82, 2.24) is 5.06 Å². The quantitative estimate of drug-likeness (QED) is 0.850. The molecule has 0 fully saturated rings. The summed E-state index contributed by atoms with van der Waals surface area (Å²) in [6.07, 6.45) is 2.85. The zero-order valence-corrected chi connectivity index (χ0v) is 8.95. The predicted octanol–water partition coefficient (Wildman–Crippen LogP) is 1.14. The summed E-state index contributed by atoms with van der Waals surface area (Å²) in [4.78, 5) is 27.9. The molecule has 0 aromatic heterocycles. The van der Waals surface area contributed by atoms with Crippen molar-refractivity contribution >= 4 is 11.9 Å². The maximum atomic E-state index is 11.6. The highest BCUT2D eigenvalue weighted by Crippen LogP contribution is 2.23. The van der Waals surface area contributed by atoms with Crippen LogP contribution in [0.15, 0.2) is 42.5 Å². The monoisotopic (exact) mass is 233 g/mol. The third-order valence-electron chi connectivity index (χ3n) is 2.37. The van der Waals surface area contributed by atoms with Gasteiger partial charge in [0, 0.05) is 6.08 Å². The normalized spacial score (nSPS) is 16.9. The molecule has 1 unspecified atom stereocenters. The van der Waals surface area contributed by atoms with Crippen LogP contribution in [0.1, 0.15) is 11.6 Å². The minimum absolute atomic E-state index is 0.197. The van der Waals surface area contributed by atoms with Gasteiger partial charge in [0.05, 0.1) is 6.61 Å². The summed E-state index contributed by atoms with van der Waals surface area (Å²) < 4.78 is 0. The van der Waals surface area contributed by atoms with Gasteiger partial charge in [-0.1, -0.05) is 36.4 Å². The van der Waals surface area contributed by atoms with Crippen LogP contribution in [0.2, 0.25) is 0 Å². The SMILES string of the molecule is O=C(O)C(c1ccccc1)N1OCC=CC1=O. The van der Waals surface area contributed by atoms with Gasteiger partial charge in [0.1, 0.15) is 0 Å². The molecule has 1 aromatic carbocycles. The summed E-state index contributed by atoms with van der Waals surface area (Å²) in [5, 5.41) is 10.1. The summed E-state index contributed by atoms with van der Waals surface area (Å²) in [5.41, 5.74) is 0.503. The fourth-order valence-corrected chi connectivity index (χ4v) is 1.62. The Bertz CT molecular complexity index is 455. The molecule has 1 aliphatic rings. The molecular weight excluding hydrogens is 222 g/mol. The van der Waals surface area contributed by atoms with E-state index in [0.29, 0.717) is 5.56 Å². The van der Waals surface area contributed by atoms with E-state index in [1.807, 2.05) is 0 Å². The van der Waals surface area contributed by atoms with Gasteiger partial charge >= 0.3 is 5.97 Å². The Labute approximate surface area is 97.9 Å². The molecule has 0 saturated carbocycles. The van der Waals surface area contributed by atoms with Gasteiger partial charge in [-0.2, -0.15) is 5.06 Å². The molecule has 0 aliphatic carbocycles. The lowest BCUT2D eigenvalue weighted by Crippen LogP contribution is -2.39. The highest BCUT2D eigenvalue weighted by atomic mass is 16.7. The third-order valence-corrected chi connectivity index (χ3v) is 2.37. The maximum Gasteiger partial charge on any atom is 0.333 e.